The number of carbonyl (C=O) groups is 2. The summed E-state index contributed by atoms with van der Waals surface area (Å²) in [6.07, 6.45) is 4.32. The highest BCUT2D eigenvalue weighted by atomic mass is 16.4. The lowest BCUT2D eigenvalue weighted by atomic mass is 9.85. The zero-order chi connectivity index (χ0) is 15.6. The first kappa shape index (κ1) is 16.1. The molecule has 1 heterocycles. The van der Waals surface area contributed by atoms with E-state index in [0.717, 1.165) is 38.8 Å². The van der Waals surface area contributed by atoms with Crippen LogP contribution in [0.1, 0.15) is 39.0 Å². The predicted molar refractivity (Wildman–Crippen MR) is 80.2 cm³/mol. The molecule has 6 heteroatoms. The summed E-state index contributed by atoms with van der Waals surface area (Å²) in [5, 5.41) is 12.4. The van der Waals surface area contributed by atoms with Crippen LogP contribution in [0.3, 0.4) is 0 Å². The second-order valence-corrected chi connectivity index (χ2v) is 6.79. The smallest absolute Gasteiger partial charge is 0.317 e. The minimum absolute atomic E-state index is 0.144. The number of hydrogen-bond donors (Lipinski definition) is 2. The van der Waals surface area contributed by atoms with E-state index in [2.05, 4.69) is 17.3 Å². The van der Waals surface area contributed by atoms with Crippen LogP contribution in [0.4, 0.5) is 4.79 Å². The highest BCUT2D eigenvalue weighted by Crippen LogP contribution is 2.38. The monoisotopic (exact) mass is 297 g/mol. The largest absolute Gasteiger partial charge is 0.481 e. The minimum Gasteiger partial charge on any atom is -0.481 e. The lowest BCUT2D eigenvalue weighted by Crippen LogP contribution is -2.55. The molecule has 120 valence electrons. The van der Waals surface area contributed by atoms with Crippen LogP contribution in [-0.2, 0) is 4.79 Å². The minimum atomic E-state index is -0.833. The van der Waals surface area contributed by atoms with E-state index in [0.29, 0.717) is 6.42 Å². The van der Waals surface area contributed by atoms with Gasteiger partial charge >= 0.3 is 12.0 Å². The third kappa shape index (κ3) is 3.31. The van der Waals surface area contributed by atoms with Crippen LogP contribution < -0.4 is 5.32 Å². The van der Waals surface area contributed by atoms with E-state index in [1.807, 2.05) is 7.05 Å². The van der Waals surface area contributed by atoms with E-state index in [4.69, 9.17) is 0 Å². The summed E-state index contributed by atoms with van der Waals surface area (Å²) >= 11 is 0. The first-order chi connectivity index (χ1) is 9.84. The highest BCUT2D eigenvalue weighted by Gasteiger charge is 2.46. The Labute approximate surface area is 126 Å². The van der Waals surface area contributed by atoms with Crippen LogP contribution in [-0.4, -0.2) is 66.2 Å². The molecule has 2 N–H and O–H groups in total. The molecule has 2 rings (SSSR count). The second kappa shape index (κ2) is 6.22. The Morgan fingerprint density at radius 3 is 2.67 bits per heavy atom. The summed E-state index contributed by atoms with van der Waals surface area (Å²) < 4.78 is 0. The van der Waals surface area contributed by atoms with Crippen LogP contribution in [0.15, 0.2) is 0 Å². The van der Waals surface area contributed by atoms with Gasteiger partial charge in [-0.3, -0.25) is 4.79 Å². The average Bonchev–Trinajstić information content (AvgIpc) is 2.80. The van der Waals surface area contributed by atoms with Gasteiger partial charge in [0.2, 0.25) is 0 Å². The molecule has 0 aromatic carbocycles. The normalized spacial score (nSPS) is 33.7. The van der Waals surface area contributed by atoms with Crippen molar-refractivity contribution in [3.05, 3.63) is 0 Å². The van der Waals surface area contributed by atoms with Crippen molar-refractivity contribution in [2.24, 2.45) is 5.41 Å². The molecular weight excluding hydrogens is 270 g/mol. The summed E-state index contributed by atoms with van der Waals surface area (Å²) in [4.78, 5) is 27.9. The van der Waals surface area contributed by atoms with Crippen LogP contribution >= 0.6 is 0 Å². The molecule has 1 saturated carbocycles. The van der Waals surface area contributed by atoms with Crippen molar-refractivity contribution in [3.8, 4) is 0 Å². The van der Waals surface area contributed by atoms with Gasteiger partial charge in [-0.05, 0) is 46.2 Å². The SMILES string of the molecule is CN1CCCC(N(C)C(=O)NC2CCCC2(C)C(=O)O)C1. The molecular formula is C15H27N3O3. The summed E-state index contributed by atoms with van der Waals surface area (Å²) in [5.41, 5.74) is -0.833. The molecule has 1 aliphatic heterocycles. The van der Waals surface area contributed by atoms with E-state index in [9.17, 15) is 14.7 Å². The molecule has 21 heavy (non-hydrogen) atoms. The van der Waals surface area contributed by atoms with E-state index in [1.54, 1.807) is 11.8 Å². The first-order valence-corrected chi connectivity index (χ1v) is 7.80. The van der Waals surface area contributed by atoms with E-state index in [1.165, 1.54) is 0 Å². The number of carboxylic acids is 1. The molecule has 0 aromatic rings. The number of likely N-dealkylation sites (N-methyl/N-ethyl adjacent to an activating group) is 2. The van der Waals surface area contributed by atoms with Gasteiger partial charge in [0.1, 0.15) is 0 Å². The van der Waals surface area contributed by atoms with Crippen molar-refractivity contribution in [2.75, 3.05) is 27.2 Å². The number of piperidine rings is 1. The third-order valence-electron chi connectivity index (χ3n) is 5.21. The molecule has 0 radical (unpaired) electrons. The Kier molecular flexibility index (Phi) is 4.76. The van der Waals surface area contributed by atoms with Gasteiger partial charge in [-0.15, -0.1) is 0 Å². The Hall–Kier alpha value is -1.30. The Morgan fingerprint density at radius 2 is 2.05 bits per heavy atom. The molecule has 3 atom stereocenters. The third-order valence-corrected chi connectivity index (χ3v) is 5.21. The van der Waals surface area contributed by atoms with Gasteiger partial charge in [-0.1, -0.05) is 6.42 Å². The molecule has 1 aliphatic carbocycles. The summed E-state index contributed by atoms with van der Waals surface area (Å²) in [5.74, 6) is -0.814. The maximum absolute atomic E-state index is 12.4. The molecule has 2 amide bonds. The fourth-order valence-corrected chi connectivity index (χ4v) is 3.53. The van der Waals surface area contributed by atoms with Gasteiger partial charge in [0, 0.05) is 25.7 Å². The van der Waals surface area contributed by atoms with Gasteiger partial charge in [-0.25, -0.2) is 4.79 Å². The van der Waals surface area contributed by atoms with Gasteiger partial charge in [0.25, 0.3) is 0 Å². The maximum Gasteiger partial charge on any atom is 0.317 e. The van der Waals surface area contributed by atoms with Crippen molar-refractivity contribution in [1.29, 1.82) is 0 Å². The molecule has 2 fully saturated rings. The number of nitrogens with one attached hydrogen (secondary N) is 1. The van der Waals surface area contributed by atoms with Crippen molar-refractivity contribution in [1.82, 2.24) is 15.1 Å². The predicted octanol–water partition coefficient (Wildman–Crippen LogP) is 1.37. The Balaban J connectivity index is 1.96. The molecule has 0 bridgehead atoms. The topological polar surface area (TPSA) is 72.9 Å². The van der Waals surface area contributed by atoms with Crippen LogP contribution in [0.5, 0.6) is 0 Å². The lowest BCUT2D eigenvalue weighted by molar-refractivity contribution is -0.148. The number of likely N-dealkylation sites (tertiary alicyclic amines) is 1. The summed E-state index contributed by atoms with van der Waals surface area (Å²) in [6.45, 7) is 3.69. The zero-order valence-electron chi connectivity index (χ0n) is 13.3. The number of urea groups is 1. The number of rotatable bonds is 3. The highest BCUT2D eigenvalue weighted by molar-refractivity contribution is 5.79. The number of amides is 2. The van der Waals surface area contributed by atoms with Crippen molar-refractivity contribution in [3.63, 3.8) is 0 Å². The summed E-state index contributed by atoms with van der Waals surface area (Å²) in [6, 6.07) is -0.206. The van der Waals surface area contributed by atoms with Crippen LogP contribution in [0, 0.1) is 5.41 Å². The van der Waals surface area contributed by atoms with Crippen molar-refractivity contribution < 1.29 is 14.7 Å². The summed E-state index contributed by atoms with van der Waals surface area (Å²) in [7, 11) is 3.88. The number of hydrogen-bond acceptors (Lipinski definition) is 3. The second-order valence-electron chi connectivity index (χ2n) is 6.79. The molecule has 0 aromatic heterocycles. The van der Waals surface area contributed by atoms with Gasteiger partial charge in [0.05, 0.1) is 5.41 Å². The van der Waals surface area contributed by atoms with E-state index in [-0.39, 0.29) is 18.1 Å². The average molecular weight is 297 g/mol. The number of aliphatic carboxylic acids is 1. The molecule has 6 nitrogen and oxygen atoms in total. The molecule has 3 unspecified atom stereocenters. The fourth-order valence-electron chi connectivity index (χ4n) is 3.53. The van der Waals surface area contributed by atoms with Crippen molar-refractivity contribution >= 4 is 12.0 Å². The molecule has 2 aliphatic rings. The van der Waals surface area contributed by atoms with Gasteiger partial charge < -0.3 is 20.2 Å². The molecule has 1 saturated heterocycles. The number of carbonyl (C=O) groups excluding carboxylic acids is 1. The van der Waals surface area contributed by atoms with Crippen LogP contribution in [0.2, 0.25) is 0 Å². The standard InChI is InChI=1S/C15H27N3O3/c1-15(13(19)20)8-4-7-12(15)16-14(21)18(3)11-6-5-9-17(2)10-11/h11-12H,4-10H2,1-3H3,(H,16,21)(H,19,20). The number of carboxylic acid groups (broad SMARTS) is 1. The van der Waals surface area contributed by atoms with E-state index >= 15 is 0 Å². The van der Waals surface area contributed by atoms with Crippen LogP contribution in [0.25, 0.3) is 0 Å². The first-order valence-electron chi connectivity index (χ1n) is 7.80. The fraction of sp³-hybridized carbons (Fsp3) is 0.867. The quantitative estimate of drug-likeness (QED) is 0.825. The number of nitrogens with zero attached hydrogens (tertiary/aromatic N) is 2. The molecule has 0 spiro atoms. The lowest BCUT2D eigenvalue weighted by Gasteiger charge is -2.37. The Bertz CT molecular complexity index is 415. The maximum atomic E-state index is 12.4. The van der Waals surface area contributed by atoms with Crippen molar-refractivity contribution in [2.45, 2.75) is 51.1 Å². The van der Waals surface area contributed by atoms with Gasteiger partial charge in [0.15, 0.2) is 0 Å². The van der Waals surface area contributed by atoms with Gasteiger partial charge in [-0.2, -0.15) is 0 Å². The van der Waals surface area contributed by atoms with E-state index < -0.39 is 11.4 Å². The zero-order valence-corrected chi connectivity index (χ0v) is 13.3. The Morgan fingerprint density at radius 1 is 1.33 bits per heavy atom.